The van der Waals surface area contributed by atoms with E-state index in [0.29, 0.717) is 5.56 Å². The molecule has 0 aliphatic rings. The van der Waals surface area contributed by atoms with Gasteiger partial charge in [-0.2, -0.15) is 0 Å². The van der Waals surface area contributed by atoms with Crippen LogP contribution in [0.25, 0.3) is 0 Å². The molecular formula is C12H14O5. The Bertz CT molecular complexity index is 440. The number of phenols is 1. The van der Waals surface area contributed by atoms with Gasteiger partial charge >= 0.3 is 11.9 Å². The molecule has 0 aliphatic heterocycles. The largest absolute Gasteiger partial charge is 0.508 e. The Morgan fingerprint density at radius 1 is 1.41 bits per heavy atom. The molecule has 92 valence electrons. The number of rotatable bonds is 4. The smallest absolute Gasteiger partial charge is 0.323 e. The van der Waals surface area contributed by atoms with Crippen molar-refractivity contribution in [1.29, 1.82) is 0 Å². The van der Waals surface area contributed by atoms with Crippen LogP contribution in [0.15, 0.2) is 24.3 Å². The lowest BCUT2D eigenvalue weighted by Crippen LogP contribution is -2.39. The van der Waals surface area contributed by atoms with Crippen LogP contribution in [-0.2, 0) is 20.7 Å². The molecule has 0 heterocycles. The predicted molar refractivity (Wildman–Crippen MR) is 59.6 cm³/mol. The number of methoxy groups -OCH3 is 1. The summed E-state index contributed by atoms with van der Waals surface area (Å²) < 4.78 is 4.50. The van der Waals surface area contributed by atoms with Gasteiger partial charge in [-0.3, -0.25) is 9.59 Å². The summed E-state index contributed by atoms with van der Waals surface area (Å²) in [4.78, 5) is 22.6. The van der Waals surface area contributed by atoms with Crippen LogP contribution in [0, 0.1) is 5.41 Å². The minimum atomic E-state index is -1.65. The molecule has 1 aromatic carbocycles. The first kappa shape index (κ1) is 13.0. The number of carbonyl (C=O) groups is 2. The van der Waals surface area contributed by atoms with Crippen LogP contribution in [0.5, 0.6) is 5.75 Å². The number of phenolic OH excluding ortho intramolecular Hbond substituents is 1. The van der Waals surface area contributed by atoms with Gasteiger partial charge < -0.3 is 14.9 Å². The summed E-state index contributed by atoms with van der Waals surface area (Å²) in [6.07, 6.45) is -0.0383. The van der Waals surface area contributed by atoms with E-state index in [1.165, 1.54) is 19.1 Å². The average Bonchev–Trinajstić information content (AvgIpc) is 2.27. The van der Waals surface area contributed by atoms with Crippen LogP contribution in [-0.4, -0.2) is 29.3 Å². The van der Waals surface area contributed by atoms with Gasteiger partial charge in [0.15, 0.2) is 5.41 Å². The van der Waals surface area contributed by atoms with E-state index >= 15 is 0 Å². The van der Waals surface area contributed by atoms with Gasteiger partial charge in [-0.1, -0.05) is 12.1 Å². The maximum Gasteiger partial charge on any atom is 0.323 e. The summed E-state index contributed by atoms with van der Waals surface area (Å²) >= 11 is 0. The SMILES string of the molecule is COC(=O)C(C)(Cc1cccc(O)c1)C(=O)O. The van der Waals surface area contributed by atoms with Crippen molar-refractivity contribution in [2.24, 2.45) is 5.41 Å². The zero-order valence-corrected chi connectivity index (χ0v) is 9.64. The molecule has 0 fully saturated rings. The molecule has 5 nitrogen and oxygen atoms in total. The van der Waals surface area contributed by atoms with E-state index in [4.69, 9.17) is 5.11 Å². The quantitative estimate of drug-likeness (QED) is 0.608. The Morgan fingerprint density at radius 2 is 2.06 bits per heavy atom. The number of carboxylic acids is 1. The van der Waals surface area contributed by atoms with E-state index in [-0.39, 0.29) is 12.2 Å². The summed E-state index contributed by atoms with van der Waals surface area (Å²) in [5, 5.41) is 18.4. The maximum atomic E-state index is 11.5. The summed E-state index contributed by atoms with van der Waals surface area (Å²) in [7, 11) is 1.14. The number of hydrogen-bond acceptors (Lipinski definition) is 4. The van der Waals surface area contributed by atoms with Gasteiger partial charge in [0.25, 0.3) is 0 Å². The van der Waals surface area contributed by atoms with Gasteiger partial charge in [0.2, 0.25) is 0 Å². The van der Waals surface area contributed by atoms with E-state index in [9.17, 15) is 14.7 Å². The second-order valence-electron chi connectivity index (χ2n) is 3.98. The molecule has 0 saturated carbocycles. The molecule has 0 aliphatic carbocycles. The minimum Gasteiger partial charge on any atom is -0.508 e. The topological polar surface area (TPSA) is 83.8 Å². The Balaban J connectivity index is 3.03. The van der Waals surface area contributed by atoms with Crippen molar-refractivity contribution >= 4 is 11.9 Å². The molecule has 1 atom stereocenters. The van der Waals surface area contributed by atoms with Crippen LogP contribution < -0.4 is 0 Å². The summed E-state index contributed by atoms with van der Waals surface area (Å²) in [6, 6.07) is 6.12. The van der Waals surface area contributed by atoms with Gasteiger partial charge in [0.1, 0.15) is 5.75 Å². The van der Waals surface area contributed by atoms with Crippen molar-refractivity contribution in [3.05, 3.63) is 29.8 Å². The van der Waals surface area contributed by atoms with E-state index in [2.05, 4.69) is 4.74 Å². The molecular weight excluding hydrogens is 224 g/mol. The fraction of sp³-hybridized carbons (Fsp3) is 0.333. The third-order valence-electron chi connectivity index (χ3n) is 2.58. The van der Waals surface area contributed by atoms with E-state index < -0.39 is 17.4 Å². The molecule has 1 rings (SSSR count). The first-order valence-corrected chi connectivity index (χ1v) is 5.00. The molecule has 2 N–H and O–H groups in total. The van der Waals surface area contributed by atoms with Crippen molar-refractivity contribution in [2.75, 3.05) is 7.11 Å². The molecule has 0 amide bonds. The van der Waals surface area contributed by atoms with Crippen molar-refractivity contribution in [3.8, 4) is 5.75 Å². The molecule has 0 bridgehead atoms. The third kappa shape index (κ3) is 2.75. The molecule has 0 spiro atoms. The predicted octanol–water partition coefficient (Wildman–Crippen LogP) is 1.20. The highest BCUT2D eigenvalue weighted by Gasteiger charge is 2.42. The van der Waals surface area contributed by atoms with Gasteiger partial charge in [-0.15, -0.1) is 0 Å². The van der Waals surface area contributed by atoms with Crippen molar-refractivity contribution < 1.29 is 24.5 Å². The monoisotopic (exact) mass is 238 g/mol. The normalized spacial score (nSPS) is 13.8. The van der Waals surface area contributed by atoms with Crippen molar-refractivity contribution in [3.63, 3.8) is 0 Å². The number of benzene rings is 1. The summed E-state index contributed by atoms with van der Waals surface area (Å²) in [5.41, 5.74) is -1.09. The van der Waals surface area contributed by atoms with Gasteiger partial charge in [-0.05, 0) is 31.0 Å². The fourth-order valence-electron chi connectivity index (χ4n) is 1.54. The van der Waals surface area contributed by atoms with Gasteiger partial charge in [0, 0.05) is 0 Å². The highest BCUT2D eigenvalue weighted by atomic mass is 16.5. The number of aliphatic carboxylic acids is 1. The van der Waals surface area contributed by atoms with Crippen LogP contribution in [0.4, 0.5) is 0 Å². The lowest BCUT2D eigenvalue weighted by molar-refractivity contribution is -0.165. The molecule has 5 heteroatoms. The zero-order valence-electron chi connectivity index (χ0n) is 9.64. The number of carbonyl (C=O) groups excluding carboxylic acids is 1. The van der Waals surface area contributed by atoms with E-state index in [1.54, 1.807) is 12.1 Å². The van der Waals surface area contributed by atoms with Crippen LogP contribution in [0.1, 0.15) is 12.5 Å². The van der Waals surface area contributed by atoms with Crippen LogP contribution in [0.2, 0.25) is 0 Å². The first-order valence-electron chi connectivity index (χ1n) is 5.00. The highest BCUT2D eigenvalue weighted by molar-refractivity contribution is 5.98. The molecule has 0 saturated heterocycles. The Morgan fingerprint density at radius 3 is 2.53 bits per heavy atom. The molecule has 17 heavy (non-hydrogen) atoms. The van der Waals surface area contributed by atoms with Crippen molar-refractivity contribution in [1.82, 2.24) is 0 Å². The van der Waals surface area contributed by atoms with Gasteiger partial charge in [0.05, 0.1) is 7.11 Å². The third-order valence-corrected chi connectivity index (χ3v) is 2.58. The summed E-state index contributed by atoms with van der Waals surface area (Å²) in [5.74, 6) is -2.04. The maximum absolute atomic E-state index is 11.5. The van der Waals surface area contributed by atoms with Crippen LogP contribution in [0.3, 0.4) is 0 Å². The highest BCUT2D eigenvalue weighted by Crippen LogP contribution is 2.26. The summed E-state index contributed by atoms with van der Waals surface area (Å²) in [6.45, 7) is 1.30. The molecule has 1 aromatic rings. The van der Waals surface area contributed by atoms with Crippen LogP contribution >= 0.6 is 0 Å². The average molecular weight is 238 g/mol. The number of carboxylic acid groups (broad SMARTS) is 1. The molecule has 0 radical (unpaired) electrons. The second kappa shape index (κ2) is 4.86. The fourth-order valence-corrected chi connectivity index (χ4v) is 1.54. The van der Waals surface area contributed by atoms with E-state index in [0.717, 1.165) is 7.11 Å². The Labute approximate surface area is 98.6 Å². The van der Waals surface area contributed by atoms with Gasteiger partial charge in [-0.25, -0.2) is 0 Å². The first-order chi connectivity index (χ1) is 7.90. The zero-order chi connectivity index (χ0) is 13.1. The Hall–Kier alpha value is -2.04. The number of aromatic hydroxyl groups is 1. The lowest BCUT2D eigenvalue weighted by Gasteiger charge is -2.21. The number of esters is 1. The standard InChI is InChI=1S/C12H14O5/c1-12(10(14)15,11(16)17-2)7-8-4-3-5-9(13)6-8/h3-6,13H,7H2,1-2H3,(H,14,15). The number of hydrogen-bond donors (Lipinski definition) is 2. The Kier molecular flexibility index (Phi) is 3.73. The lowest BCUT2D eigenvalue weighted by atomic mass is 9.83. The molecule has 0 aromatic heterocycles. The second-order valence-corrected chi connectivity index (χ2v) is 3.98. The molecule has 1 unspecified atom stereocenters. The number of ether oxygens (including phenoxy) is 1. The minimum absolute atomic E-state index is 0.0279. The van der Waals surface area contributed by atoms with Crippen molar-refractivity contribution in [2.45, 2.75) is 13.3 Å². The van der Waals surface area contributed by atoms with E-state index in [1.807, 2.05) is 0 Å².